The molecule has 22 heavy (non-hydrogen) atoms. The lowest BCUT2D eigenvalue weighted by Crippen LogP contribution is -2.54. The van der Waals surface area contributed by atoms with Crippen LogP contribution < -0.4 is 9.62 Å². The van der Waals surface area contributed by atoms with Crippen molar-refractivity contribution in [2.45, 2.75) is 13.0 Å². The summed E-state index contributed by atoms with van der Waals surface area (Å²) >= 11 is 5.85. The van der Waals surface area contributed by atoms with Gasteiger partial charge in [0.25, 0.3) is 10.2 Å². The van der Waals surface area contributed by atoms with E-state index < -0.39 is 22.2 Å². The predicted molar refractivity (Wildman–Crippen MR) is 84.4 cm³/mol. The van der Waals surface area contributed by atoms with Crippen molar-refractivity contribution in [2.24, 2.45) is 0 Å². The average Bonchev–Trinajstić information content (AvgIpc) is 2.47. The first kappa shape index (κ1) is 17.0. The van der Waals surface area contributed by atoms with Crippen molar-refractivity contribution in [2.75, 3.05) is 31.1 Å². The molecule has 2 N–H and O–H groups in total. The van der Waals surface area contributed by atoms with E-state index in [-0.39, 0.29) is 0 Å². The normalized spacial score (nSPS) is 18.2. The lowest BCUT2D eigenvalue weighted by atomic mass is 10.2. The Balaban J connectivity index is 1.96. The van der Waals surface area contributed by atoms with Crippen LogP contribution in [0.4, 0.5) is 5.69 Å². The zero-order valence-corrected chi connectivity index (χ0v) is 13.6. The third-order valence-corrected chi connectivity index (χ3v) is 5.41. The molecular weight excluding hydrogens is 330 g/mol. The van der Waals surface area contributed by atoms with Crippen LogP contribution in [0.25, 0.3) is 0 Å². The van der Waals surface area contributed by atoms with Crippen molar-refractivity contribution in [3.05, 3.63) is 29.3 Å². The van der Waals surface area contributed by atoms with Gasteiger partial charge in [0, 0.05) is 36.9 Å². The lowest BCUT2D eigenvalue weighted by Gasteiger charge is -2.35. The fourth-order valence-electron chi connectivity index (χ4n) is 2.19. The Morgan fingerprint density at radius 1 is 1.23 bits per heavy atom. The van der Waals surface area contributed by atoms with Gasteiger partial charge >= 0.3 is 5.97 Å². The summed E-state index contributed by atoms with van der Waals surface area (Å²) in [4.78, 5) is 12.8. The van der Waals surface area contributed by atoms with E-state index in [1.54, 1.807) is 12.1 Å². The fraction of sp³-hybridized carbons (Fsp3) is 0.462. The highest BCUT2D eigenvalue weighted by Crippen LogP contribution is 2.20. The van der Waals surface area contributed by atoms with Crippen molar-refractivity contribution in [3.8, 4) is 0 Å². The molecule has 7 nitrogen and oxygen atoms in total. The van der Waals surface area contributed by atoms with Crippen molar-refractivity contribution in [3.63, 3.8) is 0 Å². The molecule has 9 heteroatoms. The molecule has 1 aliphatic heterocycles. The zero-order chi connectivity index (χ0) is 16.3. The van der Waals surface area contributed by atoms with E-state index in [1.807, 2.05) is 12.1 Å². The Labute approximate surface area is 134 Å². The smallest absolute Gasteiger partial charge is 0.321 e. The molecule has 1 aromatic rings. The molecule has 0 bridgehead atoms. The van der Waals surface area contributed by atoms with E-state index >= 15 is 0 Å². The largest absolute Gasteiger partial charge is 0.480 e. The van der Waals surface area contributed by atoms with Gasteiger partial charge in [-0.3, -0.25) is 4.79 Å². The third-order valence-electron chi connectivity index (χ3n) is 3.47. The van der Waals surface area contributed by atoms with Gasteiger partial charge in [-0.2, -0.15) is 17.4 Å². The van der Waals surface area contributed by atoms with Gasteiger partial charge in [-0.05, 0) is 31.2 Å². The highest BCUT2D eigenvalue weighted by molar-refractivity contribution is 7.87. The molecule has 1 aromatic carbocycles. The minimum Gasteiger partial charge on any atom is -0.480 e. The molecule has 0 aromatic heterocycles. The van der Waals surface area contributed by atoms with E-state index in [4.69, 9.17) is 16.7 Å². The number of nitrogens with one attached hydrogen (secondary N) is 1. The van der Waals surface area contributed by atoms with Crippen LogP contribution in [-0.4, -0.2) is 56.0 Å². The topological polar surface area (TPSA) is 90.0 Å². The minimum absolute atomic E-state index is 0.296. The molecule has 0 radical (unpaired) electrons. The van der Waals surface area contributed by atoms with Gasteiger partial charge in [-0.25, -0.2) is 0 Å². The quantitative estimate of drug-likeness (QED) is 0.821. The van der Waals surface area contributed by atoms with E-state index in [2.05, 4.69) is 9.62 Å². The number of halogens is 1. The Hall–Kier alpha value is -1.35. The lowest BCUT2D eigenvalue weighted by molar-refractivity contribution is -0.138. The van der Waals surface area contributed by atoms with Crippen LogP contribution in [0.1, 0.15) is 6.92 Å². The molecule has 2 rings (SSSR count). The zero-order valence-electron chi connectivity index (χ0n) is 12.1. The first-order valence-electron chi connectivity index (χ1n) is 6.80. The summed E-state index contributed by atoms with van der Waals surface area (Å²) in [6, 6.07) is 6.19. The number of nitrogens with zero attached hydrogens (tertiary/aromatic N) is 2. The molecule has 1 atom stereocenters. The van der Waals surface area contributed by atoms with Gasteiger partial charge in [-0.1, -0.05) is 11.6 Å². The predicted octanol–water partition coefficient (Wildman–Crippen LogP) is 0.770. The minimum atomic E-state index is -3.79. The molecule has 0 unspecified atom stereocenters. The third kappa shape index (κ3) is 4.10. The number of anilines is 1. The molecule has 122 valence electrons. The van der Waals surface area contributed by atoms with Crippen LogP contribution in [0.2, 0.25) is 5.02 Å². The second kappa shape index (κ2) is 6.82. The Bertz CT molecular complexity index is 627. The number of hydrogen-bond donors (Lipinski definition) is 2. The van der Waals surface area contributed by atoms with Gasteiger partial charge < -0.3 is 10.0 Å². The van der Waals surface area contributed by atoms with E-state index in [0.29, 0.717) is 31.2 Å². The summed E-state index contributed by atoms with van der Waals surface area (Å²) in [5.74, 6) is -1.21. The molecule has 0 spiro atoms. The van der Waals surface area contributed by atoms with Crippen LogP contribution in [0, 0.1) is 0 Å². The van der Waals surface area contributed by atoms with Crippen LogP contribution in [-0.2, 0) is 15.0 Å². The second-order valence-corrected chi connectivity index (χ2v) is 7.18. The van der Waals surface area contributed by atoms with Gasteiger partial charge in [0.1, 0.15) is 6.04 Å². The van der Waals surface area contributed by atoms with Crippen molar-refractivity contribution >= 4 is 33.5 Å². The number of hydrogen-bond acceptors (Lipinski definition) is 4. The monoisotopic (exact) mass is 347 g/mol. The van der Waals surface area contributed by atoms with Crippen LogP contribution in [0.3, 0.4) is 0 Å². The summed E-state index contributed by atoms with van der Waals surface area (Å²) in [5.41, 5.74) is 0.980. The second-order valence-electron chi connectivity index (χ2n) is 5.05. The fourth-order valence-corrected chi connectivity index (χ4v) is 3.65. The summed E-state index contributed by atoms with van der Waals surface area (Å²) in [7, 11) is -3.79. The summed E-state index contributed by atoms with van der Waals surface area (Å²) in [6.45, 7) is 2.95. The number of benzene rings is 1. The molecule has 1 heterocycles. The maximum absolute atomic E-state index is 12.1. The number of carboxylic acid groups (broad SMARTS) is 1. The van der Waals surface area contributed by atoms with E-state index in [9.17, 15) is 13.2 Å². The number of rotatable bonds is 5. The number of carbonyl (C=O) groups is 1. The molecule has 1 saturated heterocycles. The molecule has 0 aliphatic carbocycles. The Kier molecular flexibility index (Phi) is 5.28. The number of piperazine rings is 1. The van der Waals surface area contributed by atoms with Gasteiger partial charge in [-0.15, -0.1) is 0 Å². The number of aliphatic carboxylic acids is 1. The summed E-state index contributed by atoms with van der Waals surface area (Å²) in [6.07, 6.45) is 0. The van der Waals surface area contributed by atoms with Crippen molar-refractivity contribution in [1.82, 2.24) is 9.03 Å². The highest BCUT2D eigenvalue weighted by Gasteiger charge is 2.29. The van der Waals surface area contributed by atoms with E-state index in [0.717, 1.165) is 5.69 Å². The standard InChI is InChI=1S/C13H18ClN3O4S/c1-10(13(18)19)15-22(20,21)17-8-6-16(7-9-17)12-4-2-11(14)3-5-12/h2-5,10,15H,6-9H2,1H3,(H,18,19)/t10-/m0/s1. The van der Waals surface area contributed by atoms with Crippen LogP contribution in [0.5, 0.6) is 0 Å². The van der Waals surface area contributed by atoms with Crippen molar-refractivity contribution in [1.29, 1.82) is 0 Å². The molecule has 1 aliphatic rings. The Morgan fingerprint density at radius 3 is 2.27 bits per heavy atom. The van der Waals surface area contributed by atoms with Crippen molar-refractivity contribution < 1.29 is 18.3 Å². The SMILES string of the molecule is C[C@H](NS(=O)(=O)N1CCN(c2ccc(Cl)cc2)CC1)C(=O)O. The maximum atomic E-state index is 12.1. The summed E-state index contributed by atoms with van der Waals surface area (Å²) in [5, 5.41) is 9.44. The molecule has 0 saturated carbocycles. The first-order chi connectivity index (χ1) is 10.3. The number of carboxylic acids is 1. The molecule has 1 fully saturated rings. The highest BCUT2D eigenvalue weighted by atomic mass is 35.5. The Morgan fingerprint density at radius 2 is 1.77 bits per heavy atom. The van der Waals surface area contributed by atoms with E-state index in [1.165, 1.54) is 11.2 Å². The first-order valence-corrected chi connectivity index (χ1v) is 8.62. The summed E-state index contributed by atoms with van der Waals surface area (Å²) < 4.78 is 27.6. The maximum Gasteiger partial charge on any atom is 0.321 e. The van der Waals surface area contributed by atoms with Gasteiger partial charge in [0.15, 0.2) is 0 Å². The van der Waals surface area contributed by atoms with Gasteiger partial charge in [0.05, 0.1) is 0 Å². The van der Waals surface area contributed by atoms with Crippen LogP contribution in [0.15, 0.2) is 24.3 Å². The van der Waals surface area contributed by atoms with Gasteiger partial charge in [0.2, 0.25) is 0 Å². The molecule has 0 amide bonds. The molecular formula is C13H18ClN3O4S. The van der Waals surface area contributed by atoms with Crippen LogP contribution >= 0.6 is 11.6 Å². The average molecular weight is 348 g/mol.